The molecule has 0 atom stereocenters. The van der Waals surface area contributed by atoms with Crippen LogP contribution in [0.15, 0.2) is 33.7 Å². The van der Waals surface area contributed by atoms with Crippen LogP contribution in [0.1, 0.15) is 5.76 Å². The largest absolute Gasteiger partial charge is 0.399 e. The Morgan fingerprint density at radius 1 is 1.33 bits per heavy atom. The molecule has 3 N–H and O–H groups in total. The van der Waals surface area contributed by atoms with Gasteiger partial charge in [-0.1, -0.05) is 5.16 Å². The third kappa shape index (κ3) is 2.59. The van der Waals surface area contributed by atoms with E-state index in [0.717, 1.165) is 18.2 Å². The Kier molecular flexibility index (Phi) is 2.95. The van der Waals surface area contributed by atoms with Crippen LogP contribution in [0.4, 0.5) is 15.9 Å². The highest BCUT2D eigenvalue weighted by Crippen LogP contribution is 2.19. The average Bonchev–Trinajstić information content (AvgIpc) is 2.61. The van der Waals surface area contributed by atoms with Crippen molar-refractivity contribution < 1.29 is 17.3 Å². The molecule has 0 spiro atoms. The maximum atomic E-state index is 13.1. The van der Waals surface area contributed by atoms with Crippen LogP contribution in [-0.4, -0.2) is 13.6 Å². The molecule has 0 radical (unpaired) electrons. The van der Waals surface area contributed by atoms with Gasteiger partial charge in [0.05, 0.1) is 4.90 Å². The number of nitrogens with one attached hydrogen (secondary N) is 1. The Morgan fingerprint density at radius 2 is 2.06 bits per heavy atom. The number of anilines is 2. The molecule has 2 aromatic rings. The van der Waals surface area contributed by atoms with Crippen LogP contribution in [0.25, 0.3) is 0 Å². The van der Waals surface area contributed by atoms with Crippen LogP contribution in [0.3, 0.4) is 0 Å². The summed E-state index contributed by atoms with van der Waals surface area (Å²) in [6.45, 7) is 1.62. The number of rotatable bonds is 3. The molecule has 0 saturated carbocycles. The summed E-state index contributed by atoms with van der Waals surface area (Å²) < 4.78 is 43.8. The number of hydrogen-bond acceptors (Lipinski definition) is 5. The van der Waals surface area contributed by atoms with Crippen LogP contribution in [0.5, 0.6) is 0 Å². The van der Waals surface area contributed by atoms with Crippen LogP contribution in [0.2, 0.25) is 0 Å². The quantitative estimate of drug-likeness (QED) is 0.824. The smallest absolute Gasteiger partial charge is 0.263 e. The Hall–Kier alpha value is -2.09. The summed E-state index contributed by atoms with van der Waals surface area (Å²) in [5, 5.41) is 3.48. The third-order valence-electron chi connectivity index (χ3n) is 2.07. The second-order valence-corrected chi connectivity index (χ2v) is 5.33. The van der Waals surface area contributed by atoms with Gasteiger partial charge in [-0.25, -0.2) is 12.8 Å². The van der Waals surface area contributed by atoms with E-state index >= 15 is 0 Å². The summed E-state index contributed by atoms with van der Waals surface area (Å²) in [5.74, 6) is -0.256. The Bertz CT molecular complexity index is 661. The van der Waals surface area contributed by atoms with Crippen molar-refractivity contribution >= 4 is 21.5 Å². The van der Waals surface area contributed by atoms with Crippen molar-refractivity contribution in [3.8, 4) is 0 Å². The molecule has 1 aromatic carbocycles. The van der Waals surface area contributed by atoms with Gasteiger partial charge in [-0.2, -0.15) is 0 Å². The number of sulfonamides is 1. The summed E-state index contributed by atoms with van der Waals surface area (Å²) in [6, 6.07) is 4.45. The van der Waals surface area contributed by atoms with Gasteiger partial charge in [-0.15, -0.1) is 0 Å². The van der Waals surface area contributed by atoms with Crippen LogP contribution >= 0.6 is 0 Å². The molecule has 18 heavy (non-hydrogen) atoms. The summed E-state index contributed by atoms with van der Waals surface area (Å²) in [5.41, 5.74) is 5.41. The Labute approximate surface area is 103 Å². The van der Waals surface area contributed by atoms with Crippen molar-refractivity contribution in [3.05, 3.63) is 35.8 Å². The number of aryl methyl sites for hydroxylation is 1. The van der Waals surface area contributed by atoms with Gasteiger partial charge in [0.25, 0.3) is 10.0 Å². The molecule has 0 aliphatic heterocycles. The fraction of sp³-hybridized carbons (Fsp3) is 0.100. The van der Waals surface area contributed by atoms with E-state index in [1.165, 1.54) is 6.07 Å². The standard InChI is InChI=1S/C10H10FN3O3S/c1-6-2-10(13-17-6)14-18(15,16)9-4-7(11)3-8(12)5-9/h2-5H,12H2,1H3,(H,13,14). The van der Waals surface area contributed by atoms with Crippen LogP contribution in [0, 0.1) is 12.7 Å². The lowest BCUT2D eigenvalue weighted by Crippen LogP contribution is -2.13. The minimum absolute atomic E-state index is 0.0201. The van der Waals surface area contributed by atoms with Crippen molar-refractivity contribution in [2.24, 2.45) is 0 Å². The molecular weight excluding hydrogens is 261 g/mol. The molecule has 0 saturated heterocycles. The highest BCUT2D eigenvalue weighted by atomic mass is 32.2. The van der Waals surface area contributed by atoms with E-state index in [4.69, 9.17) is 10.3 Å². The summed E-state index contributed by atoms with van der Waals surface area (Å²) >= 11 is 0. The minimum Gasteiger partial charge on any atom is -0.399 e. The number of nitrogen functional groups attached to an aromatic ring is 1. The zero-order valence-electron chi connectivity index (χ0n) is 9.34. The van der Waals surface area contributed by atoms with Gasteiger partial charge in [-0.05, 0) is 25.1 Å². The molecule has 0 aliphatic rings. The number of benzene rings is 1. The number of halogens is 1. The molecule has 2 rings (SSSR count). The molecule has 6 nitrogen and oxygen atoms in total. The topological polar surface area (TPSA) is 98.2 Å². The van der Waals surface area contributed by atoms with Crippen molar-refractivity contribution in [2.75, 3.05) is 10.5 Å². The van der Waals surface area contributed by atoms with E-state index in [0.29, 0.717) is 5.76 Å². The zero-order chi connectivity index (χ0) is 13.3. The zero-order valence-corrected chi connectivity index (χ0v) is 10.2. The fourth-order valence-electron chi connectivity index (χ4n) is 1.35. The number of nitrogens with zero attached hydrogens (tertiary/aromatic N) is 1. The van der Waals surface area contributed by atoms with Gasteiger partial charge in [0.15, 0.2) is 5.82 Å². The molecular formula is C10H10FN3O3S. The van der Waals surface area contributed by atoms with Gasteiger partial charge < -0.3 is 10.3 Å². The molecule has 1 aromatic heterocycles. The van der Waals surface area contributed by atoms with Gasteiger partial charge in [-0.3, -0.25) is 4.72 Å². The lowest BCUT2D eigenvalue weighted by molar-refractivity contribution is 0.400. The van der Waals surface area contributed by atoms with Crippen LogP contribution < -0.4 is 10.5 Å². The summed E-state index contributed by atoms with van der Waals surface area (Å²) in [7, 11) is -3.94. The first-order valence-electron chi connectivity index (χ1n) is 4.89. The van der Waals surface area contributed by atoms with Crippen molar-refractivity contribution in [1.29, 1.82) is 0 Å². The second-order valence-electron chi connectivity index (χ2n) is 3.65. The summed E-state index contributed by atoms with van der Waals surface area (Å²) in [6.07, 6.45) is 0. The first-order valence-corrected chi connectivity index (χ1v) is 6.37. The molecule has 0 amide bonds. The SMILES string of the molecule is Cc1cc(NS(=O)(=O)c2cc(N)cc(F)c2)no1. The first kappa shape index (κ1) is 12.4. The molecule has 0 aliphatic carbocycles. The second kappa shape index (κ2) is 4.30. The van der Waals surface area contributed by atoms with Gasteiger partial charge in [0.1, 0.15) is 11.6 Å². The van der Waals surface area contributed by atoms with Crippen LogP contribution in [-0.2, 0) is 10.0 Å². The predicted molar refractivity (Wildman–Crippen MR) is 62.9 cm³/mol. The summed E-state index contributed by atoms with van der Waals surface area (Å²) in [4.78, 5) is -0.277. The molecule has 8 heteroatoms. The minimum atomic E-state index is -3.94. The predicted octanol–water partition coefficient (Wildman–Crippen LogP) is 1.51. The molecule has 0 unspecified atom stereocenters. The first-order chi connectivity index (χ1) is 8.37. The normalized spacial score (nSPS) is 11.4. The number of hydrogen-bond donors (Lipinski definition) is 2. The van der Waals surface area contributed by atoms with E-state index in [9.17, 15) is 12.8 Å². The highest BCUT2D eigenvalue weighted by Gasteiger charge is 2.17. The molecule has 1 heterocycles. The molecule has 96 valence electrons. The van der Waals surface area contributed by atoms with Crippen molar-refractivity contribution in [2.45, 2.75) is 11.8 Å². The van der Waals surface area contributed by atoms with Gasteiger partial charge in [0.2, 0.25) is 0 Å². The van der Waals surface area contributed by atoms with Crippen molar-refractivity contribution in [1.82, 2.24) is 5.16 Å². The van der Waals surface area contributed by atoms with E-state index in [1.54, 1.807) is 6.92 Å². The monoisotopic (exact) mass is 271 g/mol. The lowest BCUT2D eigenvalue weighted by atomic mass is 10.3. The lowest BCUT2D eigenvalue weighted by Gasteiger charge is -2.05. The maximum absolute atomic E-state index is 13.1. The number of aromatic nitrogens is 1. The third-order valence-corrected chi connectivity index (χ3v) is 3.40. The van der Waals surface area contributed by atoms with E-state index in [1.807, 2.05) is 0 Å². The van der Waals surface area contributed by atoms with Gasteiger partial charge >= 0.3 is 0 Å². The van der Waals surface area contributed by atoms with Crippen molar-refractivity contribution in [3.63, 3.8) is 0 Å². The Morgan fingerprint density at radius 3 is 2.61 bits per heavy atom. The van der Waals surface area contributed by atoms with E-state index in [2.05, 4.69) is 9.88 Å². The average molecular weight is 271 g/mol. The fourth-order valence-corrected chi connectivity index (χ4v) is 2.40. The van der Waals surface area contributed by atoms with Gasteiger partial charge in [0, 0.05) is 11.8 Å². The molecule has 0 bridgehead atoms. The highest BCUT2D eigenvalue weighted by molar-refractivity contribution is 7.92. The maximum Gasteiger partial charge on any atom is 0.263 e. The van der Waals surface area contributed by atoms with E-state index in [-0.39, 0.29) is 16.4 Å². The number of nitrogens with two attached hydrogens (primary N) is 1. The molecule has 0 fully saturated rings. The Balaban J connectivity index is 2.36. The van der Waals surface area contributed by atoms with E-state index < -0.39 is 15.8 Å².